The van der Waals surface area contributed by atoms with Gasteiger partial charge in [-0.3, -0.25) is 0 Å². The van der Waals surface area contributed by atoms with Gasteiger partial charge in [-0.1, -0.05) is 58.3 Å². The van der Waals surface area contributed by atoms with Crippen molar-refractivity contribution in [1.82, 2.24) is 0 Å². The van der Waals surface area contributed by atoms with Crippen LogP contribution in [0.1, 0.15) is 96.8 Å². The molecule has 124 valence electrons. The average Bonchev–Trinajstić information content (AvgIpc) is 2.64. The fourth-order valence-electron chi connectivity index (χ4n) is 3.31. The number of hydrogen-bond acceptors (Lipinski definition) is 2. The summed E-state index contributed by atoms with van der Waals surface area (Å²) in [6, 6.07) is 0. The summed E-state index contributed by atoms with van der Waals surface area (Å²) in [7, 11) is 0. The maximum atomic E-state index is 12.1. The number of amides is 1. The Morgan fingerprint density at radius 3 is 2.05 bits per heavy atom. The highest BCUT2D eigenvalue weighted by molar-refractivity contribution is 5.68. The van der Waals surface area contributed by atoms with Crippen LogP contribution in [-0.2, 0) is 4.79 Å². The molecule has 21 heavy (non-hydrogen) atoms. The van der Waals surface area contributed by atoms with E-state index in [-0.39, 0.29) is 10.5 Å². The van der Waals surface area contributed by atoms with Gasteiger partial charge in [0.1, 0.15) is 13.1 Å². The first kappa shape index (κ1) is 18.6. The Balaban J connectivity index is 1.99. The van der Waals surface area contributed by atoms with Crippen molar-refractivity contribution in [2.75, 3.05) is 13.1 Å². The minimum Gasteiger partial charge on any atom is -0.229 e. The Morgan fingerprint density at radius 2 is 1.43 bits per heavy atom. The second-order valence-corrected chi connectivity index (χ2v) is 6.87. The van der Waals surface area contributed by atoms with Gasteiger partial charge in [-0.25, -0.2) is 4.79 Å². The summed E-state index contributed by atoms with van der Waals surface area (Å²) in [6.45, 7) is 3.98. The van der Waals surface area contributed by atoms with Gasteiger partial charge in [0, 0.05) is 0 Å². The lowest BCUT2D eigenvalue weighted by molar-refractivity contribution is -0.866. The highest BCUT2D eigenvalue weighted by Crippen LogP contribution is 2.17. The topological polar surface area (TPSA) is 43.1 Å². The quantitative estimate of drug-likeness (QED) is 0.260. The first-order valence-electron chi connectivity index (χ1n) is 9.38. The Kier molecular flexibility index (Phi) is 9.94. The van der Waals surface area contributed by atoms with Gasteiger partial charge in [-0.15, -0.1) is 0 Å². The third-order valence-corrected chi connectivity index (χ3v) is 4.86. The van der Waals surface area contributed by atoms with Gasteiger partial charge in [0.05, 0.1) is 6.42 Å². The maximum absolute atomic E-state index is 12.1. The van der Waals surface area contributed by atoms with Crippen LogP contribution >= 0.6 is 0 Å². The molecule has 0 spiro atoms. The standard InChI is InChI=1S/C18H37N2O/c1-2-3-4-5-6-7-8-9-10-13-16-20(19)17-14-11-12-15-18(20)21/h2-17,19H2,1H3/q+1. The van der Waals surface area contributed by atoms with E-state index in [1.54, 1.807) is 0 Å². The van der Waals surface area contributed by atoms with Crippen molar-refractivity contribution in [1.29, 1.82) is 0 Å². The van der Waals surface area contributed by atoms with E-state index in [0.29, 0.717) is 6.42 Å². The van der Waals surface area contributed by atoms with Crippen LogP contribution in [0.4, 0.5) is 0 Å². The lowest BCUT2D eigenvalue weighted by Crippen LogP contribution is -2.59. The second kappa shape index (κ2) is 11.2. The third-order valence-electron chi connectivity index (χ3n) is 4.86. The molecule has 2 N–H and O–H groups in total. The molecule has 0 aromatic carbocycles. The summed E-state index contributed by atoms with van der Waals surface area (Å²) >= 11 is 0. The highest BCUT2D eigenvalue weighted by Gasteiger charge is 2.33. The fraction of sp³-hybridized carbons (Fsp3) is 0.944. The molecule has 1 rings (SSSR count). The molecule has 0 aliphatic carbocycles. The van der Waals surface area contributed by atoms with E-state index in [2.05, 4.69) is 6.92 Å². The Labute approximate surface area is 131 Å². The predicted octanol–water partition coefficient (Wildman–Crippen LogP) is 4.70. The smallest absolute Gasteiger partial charge is 0.229 e. The van der Waals surface area contributed by atoms with Gasteiger partial charge in [-0.05, 0) is 32.1 Å². The van der Waals surface area contributed by atoms with Crippen molar-refractivity contribution in [2.24, 2.45) is 5.84 Å². The predicted molar refractivity (Wildman–Crippen MR) is 89.5 cm³/mol. The molecule has 0 aromatic rings. The molecule has 0 bridgehead atoms. The molecule has 1 aliphatic heterocycles. The van der Waals surface area contributed by atoms with Crippen LogP contribution in [0.5, 0.6) is 0 Å². The Morgan fingerprint density at radius 1 is 0.857 bits per heavy atom. The summed E-state index contributed by atoms with van der Waals surface area (Å²) in [5, 5.41) is 0. The lowest BCUT2D eigenvalue weighted by atomic mass is 10.1. The number of carbonyl (C=O) groups excluding carboxylic acids is 1. The normalized spacial score (nSPS) is 23.2. The van der Waals surface area contributed by atoms with Gasteiger partial charge in [-0.2, -0.15) is 10.4 Å². The molecular weight excluding hydrogens is 260 g/mol. The minimum absolute atomic E-state index is 0.219. The Bertz CT molecular complexity index is 280. The van der Waals surface area contributed by atoms with Crippen molar-refractivity contribution in [2.45, 2.75) is 96.8 Å². The van der Waals surface area contributed by atoms with Crippen molar-refractivity contribution in [3.05, 3.63) is 0 Å². The van der Waals surface area contributed by atoms with Crippen LogP contribution in [0.3, 0.4) is 0 Å². The molecule has 0 aromatic heterocycles. The number of carbonyl (C=O) groups is 1. The number of likely N-dealkylation sites (tertiary alicyclic amines) is 1. The van der Waals surface area contributed by atoms with E-state index in [1.165, 1.54) is 64.2 Å². The molecule has 1 saturated heterocycles. The first-order chi connectivity index (χ1) is 10.2. The summed E-state index contributed by atoms with van der Waals surface area (Å²) in [6.07, 6.45) is 17.3. The second-order valence-electron chi connectivity index (χ2n) is 6.87. The zero-order chi connectivity index (χ0) is 15.4. The van der Waals surface area contributed by atoms with E-state index in [1.807, 2.05) is 0 Å². The molecule has 1 atom stereocenters. The molecule has 0 radical (unpaired) electrons. The number of quaternary nitrogens is 1. The number of unbranched alkanes of at least 4 members (excludes halogenated alkanes) is 9. The zero-order valence-corrected chi connectivity index (χ0v) is 14.2. The summed E-state index contributed by atoms with van der Waals surface area (Å²) in [5.74, 6) is 6.57. The molecule has 1 heterocycles. The van der Waals surface area contributed by atoms with Crippen LogP contribution in [0.15, 0.2) is 0 Å². The van der Waals surface area contributed by atoms with Crippen molar-refractivity contribution >= 4 is 5.91 Å². The van der Waals surface area contributed by atoms with E-state index >= 15 is 0 Å². The monoisotopic (exact) mass is 297 g/mol. The van der Waals surface area contributed by atoms with Gasteiger partial charge in [0.2, 0.25) is 0 Å². The largest absolute Gasteiger partial charge is 0.332 e. The van der Waals surface area contributed by atoms with E-state index in [0.717, 1.165) is 32.4 Å². The van der Waals surface area contributed by atoms with Gasteiger partial charge in [0.15, 0.2) is 0 Å². The number of nitrogens with zero attached hydrogens (tertiary/aromatic N) is 1. The van der Waals surface area contributed by atoms with Crippen molar-refractivity contribution in [3.63, 3.8) is 0 Å². The number of rotatable bonds is 11. The van der Waals surface area contributed by atoms with Gasteiger partial charge < -0.3 is 0 Å². The molecule has 1 aliphatic rings. The maximum Gasteiger partial charge on any atom is 0.332 e. The molecular formula is C18H37N2O+. The van der Waals surface area contributed by atoms with Crippen LogP contribution in [0.25, 0.3) is 0 Å². The summed E-state index contributed by atoms with van der Waals surface area (Å²) in [4.78, 5) is 12.1. The van der Waals surface area contributed by atoms with E-state index in [9.17, 15) is 4.79 Å². The van der Waals surface area contributed by atoms with Crippen LogP contribution in [-0.4, -0.2) is 23.6 Å². The molecule has 1 unspecified atom stereocenters. The van der Waals surface area contributed by atoms with Crippen LogP contribution in [0.2, 0.25) is 0 Å². The molecule has 0 saturated carbocycles. The van der Waals surface area contributed by atoms with Crippen LogP contribution in [0, 0.1) is 0 Å². The summed E-state index contributed by atoms with van der Waals surface area (Å²) in [5.41, 5.74) is 0. The third kappa shape index (κ3) is 7.96. The minimum atomic E-state index is 0.219. The lowest BCUT2D eigenvalue weighted by Gasteiger charge is -2.28. The Hall–Kier alpha value is -0.410. The molecule has 1 amide bonds. The average molecular weight is 298 g/mol. The van der Waals surface area contributed by atoms with E-state index < -0.39 is 0 Å². The fourth-order valence-corrected chi connectivity index (χ4v) is 3.31. The molecule has 3 heteroatoms. The first-order valence-corrected chi connectivity index (χ1v) is 9.38. The highest BCUT2D eigenvalue weighted by atomic mass is 16.2. The number of hydrogen-bond donors (Lipinski definition) is 1. The van der Waals surface area contributed by atoms with Gasteiger partial charge >= 0.3 is 5.91 Å². The molecule has 1 fully saturated rings. The van der Waals surface area contributed by atoms with E-state index in [4.69, 9.17) is 5.84 Å². The molecule has 3 nitrogen and oxygen atoms in total. The van der Waals surface area contributed by atoms with Crippen molar-refractivity contribution < 1.29 is 9.39 Å². The summed E-state index contributed by atoms with van der Waals surface area (Å²) < 4.78 is 0.219. The zero-order valence-electron chi connectivity index (χ0n) is 14.2. The number of nitrogens with two attached hydrogens (primary N) is 1. The van der Waals surface area contributed by atoms with Gasteiger partial charge in [0.25, 0.3) is 0 Å². The SMILES string of the molecule is CCCCCCCCCCCC[N+]1(N)CCCCCC1=O. The van der Waals surface area contributed by atoms with Crippen LogP contribution < -0.4 is 5.84 Å². The van der Waals surface area contributed by atoms with Crippen molar-refractivity contribution in [3.8, 4) is 0 Å².